The number of halogens is 1. The molecule has 1 aliphatic rings. The summed E-state index contributed by atoms with van der Waals surface area (Å²) in [5.74, 6) is -2.12. The van der Waals surface area contributed by atoms with Crippen LogP contribution in [0, 0.1) is 13.8 Å². The van der Waals surface area contributed by atoms with Gasteiger partial charge in [0.15, 0.2) is 0 Å². The standard InChI is InChI=1S/C29H26ClN3O5/c1-16(2)38-29(37)20-8-13-23(14-9-20)33-27(35)24(30)25(28(33)36)31-21-11-6-19(7-12-21)26(34)32-22-10-5-17(3)18(4)15-22/h5-16,31H,1-4H3,(H,32,34). The van der Waals surface area contributed by atoms with Gasteiger partial charge in [0, 0.05) is 16.9 Å². The number of amides is 3. The topological polar surface area (TPSA) is 105 Å². The molecule has 0 bridgehead atoms. The molecule has 0 spiro atoms. The molecule has 38 heavy (non-hydrogen) atoms. The lowest BCUT2D eigenvalue weighted by Crippen LogP contribution is -2.32. The summed E-state index contributed by atoms with van der Waals surface area (Å²) in [5.41, 5.74) is 4.24. The second-order valence-electron chi connectivity index (χ2n) is 9.09. The van der Waals surface area contributed by atoms with Crippen LogP contribution in [-0.4, -0.2) is 29.8 Å². The van der Waals surface area contributed by atoms with Gasteiger partial charge in [-0.15, -0.1) is 0 Å². The molecule has 4 rings (SSSR count). The fourth-order valence-electron chi connectivity index (χ4n) is 3.75. The van der Waals surface area contributed by atoms with Crippen molar-refractivity contribution in [1.29, 1.82) is 0 Å². The third kappa shape index (κ3) is 5.60. The van der Waals surface area contributed by atoms with Crippen LogP contribution in [0.5, 0.6) is 0 Å². The minimum absolute atomic E-state index is 0.0905. The molecule has 0 unspecified atom stereocenters. The van der Waals surface area contributed by atoms with Gasteiger partial charge >= 0.3 is 5.97 Å². The van der Waals surface area contributed by atoms with Crippen molar-refractivity contribution >= 4 is 52.4 Å². The summed E-state index contributed by atoms with van der Waals surface area (Å²) in [6, 6.07) is 18.0. The Labute approximate surface area is 225 Å². The van der Waals surface area contributed by atoms with Gasteiger partial charge in [0.1, 0.15) is 10.7 Å². The first-order valence-corrected chi connectivity index (χ1v) is 12.3. The van der Waals surface area contributed by atoms with Gasteiger partial charge in [-0.05, 0) is 99.5 Å². The molecule has 3 amide bonds. The highest BCUT2D eigenvalue weighted by molar-refractivity contribution is 6.53. The van der Waals surface area contributed by atoms with E-state index in [1.54, 1.807) is 38.1 Å². The Bertz CT molecular complexity index is 1460. The van der Waals surface area contributed by atoms with Crippen LogP contribution in [0.2, 0.25) is 0 Å². The number of carbonyl (C=O) groups excluding carboxylic acids is 4. The maximum atomic E-state index is 13.1. The highest BCUT2D eigenvalue weighted by Crippen LogP contribution is 2.30. The van der Waals surface area contributed by atoms with Crippen molar-refractivity contribution in [3.05, 3.63) is 99.7 Å². The Morgan fingerprint density at radius 1 is 0.816 bits per heavy atom. The molecule has 0 saturated heterocycles. The van der Waals surface area contributed by atoms with Crippen molar-refractivity contribution in [2.24, 2.45) is 0 Å². The number of ether oxygens (including phenoxy) is 1. The van der Waals surface area contributed by atoms with Crippen molar-refractivity contribution < 1.29 is 23.9 Å². The van der Waals surface area contributed by atoms with Gasteiger partial charge in [-0.3, -0.25) is 14.4 Å². The predicted molar refractivity (Wildman–Crippen MR) is 146 cm³/mol. The van der Waals surface area contributed by atoms with Crippen LogP contribution in [0.15, 0.2) is 77.5 Å². The summed E-state index contributed by atoms with van der Waals surface area (Å²) in [5, 5.41) is 5.47. The fourth-order valence-corrected chi connectivity index (χ4v) is 3.96. The molecular weight excluding hydrogens is 506 g/mol. The van der Waals surface area contributed by atoms with E-state index in [9.17, 15) is 19.2 Å². The molecule has 1 aliphatic heterocycles. The maximum absolute atomic E-state index is 13.1. The molecule has 0 saturated carbocycles. The van der Waals surface area contributed by atoms with E-state index in [1.807, 2.05) is 32.0 Å². The van der Waals surface area contributed by atoms with Gasteiger partial charge in [-0.2, -0.15) is 0 Å². The first-order valence-electron chi connectivity index (χ1n) is 11.9. The van der Waals surface area contributed by atoms with Gasteiger partial charge in [0.25, 0.3) is 17.7 Å². The van der Waals surface area contributed by atoms with Gasteiger partial charge in [-0.25, -0.2) is 9.69 Å². The minimum atomic E-state index is -0.693. The first kappa shape index (κ1) is 26.6. The second-order valence-corrected chi connectivity index (χ2v) is 9.47. The van der Waals surface area contributed by atoms with E-state index in [2.05, 4.69) is 10.6 Å². The molecule has 0 aliphatic carbocycles. The zero-order valence-electron chi connectivity index (χ0n) is 21.3. The molecule has 0 aromatic heterocycles. The highest BCUT2D eigenvalue weighted by Gasteiger charge is 2.39. The Balaban J connectivity index is 1.44. The van der Waals surface area contributed by atoms with Crippen molar-refractivity contribution in [2.75, 3.05) is 15.5 Å². The summed E-state index contributed by atoms with van der Waals surface area (Å²) in [7, 11) is 0. The molecule has 3 aromatic carbocycles. The van der Waals surface area contributed by atoms with Crippen molar-refractivity contribution in [3.8, 4) is 0 Å². The zero-order valence-corrected chi connectivity index (χ0v) is 22.1. The zero-order chi connectivity index (χ0) is 27.6. The summed E-state index contributed by atoms with van der Waals surface area (Å²) in [4.78, 5) is 51.5. The number of esters is 1. The van der Waals surface area contributed by atoms with E-state index in [1.165, 1.54) is 24.3 Å². The first-order chi connectivity index (χ1) is 18.0. The monoisotopic (exact) mass is 531 g/mol. The number of imide groups is 1. The molecule has 0 fully saturated rings. The van der Waals surface area contributed by atoms with Gasteiger partial charge in [0.05, 0.1) is 17.4 Å². The van der Waals surface area contributed by atoms with Gasteiger partial charge < -0.3 is 15.4 Å². The molecule has 8 nitrogen and oxygen atoms in total. The van der Waals surface area contributed by atoms with Gasteiger partial charge in [0.2, 0.25) is 0 Å². The Morgan fingerprint density at radius 3 is 2.03 bits per heavy atom. The smallest absolute Gasteiger partial charge is 0.338 e. The molecule has 9 heteroatoms. The van der Waals surface area contributed by atoms with E-state index in [-0.39, 0.29) is 28.4 Å². The normalized spacial score (nSPS) is 13.3. The van der Waals surface area contributed by atoms with E-state index in [0.717, 1.165) is 16.0 Å². The average molecular weight is 532 g/mol. The minimum Gasteiger partial charge on any atom is -0.459 e. The Morgan fingerprint density at radius 2 is 1.42 bits per heavy atom. The third-order valence-corrected chi connectivity index (χ3v) is 6.26. The van der Waals surface area contributed by atoms with Crippen LogP contribution in [0.4, 0.5) is 17.1 Å². The second kappa shape index (κ2) is 10.9. The summed E-state index contributed by atoms with van der Waals surface area (Å²) < 4.78 is 5.16. The number of carbonyl (C=O) groups is 4. The van der Waals surface area contributed by atoms with Crippen LogP contribution in [0.25, 0.3) is 0 Å². The maximum Gasteiger partial charge on any atom is 0.338 e. The number of hydrogen-bond donors (Lipinski definition) is 2. The highest BCUT2D eigenvalue weighted by atomic mass is 35.5. The lowest BCUT2D eigenvalue weighted by molar-refractivity contribution is -0.120. The molecule has 2 N–H and O–H groups in total. The Hall–Kier alpha value is -4.43. The third-order valence-electron chi connectivity index (χ3n) is 5.91. The number of nitrogens with zero attached hydrogens (tertiary/aromatic N) is 1. The number of anilines is 3. The summed E-state index contributed by atoms with van der Waals surface area (Å²) in [6.07, 6.45) is -0.276. The van der Waals surface area contributed by atoms with E-state index in [0.29, 0.717) is 22.5 Å². The predicted octanol–water partition coefficient (Wildman–Crippen LogP) is 5.56. The van der Waals surface area contributed by atoms with E-state index < -0.39 is 17.8 Å². The molecule has 0 atom stereocenters. The fraction of sp³-hybridized carbons (Fsp3) is 0.172. The number of benzene rings is 3. The number of hydrogen-bond acceptors (Lipinski definition) is 6. The van der Waals surface area contributed by atoms with Gasteiger partial charge in [-0.1, -0.05) is 17.7 Å². The number of rotatable bonds is 7. The molecule has 194 valence electrons. The van der Waals surface area contributed by atoms with Crippen LogP contribution < -0.4 is 15.5 Å². The van der Waals surface area contributed by atoms with Crippen molar-refractivity contribution in [2.45, 2.75) is 33.8 Å². The number of aryl methyl sites for hydroxylation is 2. The lowest BCUT2D eigenvalue weighted by atomic mass is 10.1. The van der Waals surface area contributed by atoms with Crippen molar-refractivity contribution in [3.63, 3.8) is 0 Å². The van der Waals surface area contributed by atoms with Crippen molar-refractivity contribution in [1.82, 2.24) is 0 Å². The van der Waals surface area contributed by atoms with Crippen LogP contribution in [0.3, 0.4) is 0 Å². The molecule has 3 aromatic rings. The van der Waals surface area contributed by atoms with Crippen LogP contribution >= 0.6 is 11.6 Å². The van der Waals surface area contributed by atoms with E-state index in [4.69, 9.17) is 16.3 Å². The Kier molecular flexibility index (Phi) is 7.64. The molecule has 1 heterocycles. The molecular formula is C29H26ClN3O5. The summed E-state index contributed by atoms with van der Waals surface area (Å²) >= 11 is 6.22. The summed E-state index contributed by atoms with van der Waals surface area (Å²) in [6.45, 7) is 7.45. The quantitative estimate of drug-likeness (QED) is 0.305. The molecule has 0 radical (unpaired) electrons. The lowest BCUT2D eigenvalue weighted by Gasteiger charge is -2.16. The van der Waals surface area contributed by atoms with Crippen LogP contribution in [-0.2, 0) is 14.3 Å². The SMILES string of the molecule is Cc1ccc(NC(=O)c2ccc(NC3=C(Cl)C(=O)N(c4ccc(C(=O)OC(C)C)cc4)C3=O)cc2)cc1C. The average Bonchev–Trinajstić information content (AvgIpc) is 3.09. The van der Waals surface area contributed by atoms with Crippen LogP contribution in [0.1, 0.15) is 45.7 Å². The largest absolute Gasteiger partial charge is 0.459 e. The van der Waals surface area contributed by atoms with E-state index >= 15 is 0 Å². The number of nitrogens with one attached hydrogen (secondary N) is 2.